The minimum absolute atomic E-state index is 0.0957. The van der Waals surface area contributed by atoms with Crippen LogP contribution >= 0.6 is 11.3 Å². The van der Waals surface area contributed by atoms with E-state index in [1.807, 2.05) is 36.4 Å². The van der Waals surface area contributed by atoms with Crippen LogP contribution in [0.4, 0.5) is 22.7 Å². The lowest BCUT2D eigenvalue weighted by Gasteiger charge is -2.31. The maximum absolute atomic E-state index is 6.75. The molecule has 1 aliphatic heterocycles. The van der Waals surface area contributed by atoms with E-state index in [4.69, 9.17) is 20.7 Å². The summed E-state index contributed by atoms with van der Waals surface area (Å²) in [6.45, 7) is 0. The highest BCUT2D eigenvalue weighted by atomic mass is 32.1. The Bertz CT molecular complexity index is 3360. The Morgan fingerprint density at radius 1 is 0.516 bits per heavy atom. The predicted molar refractivity (Wildman–Crippen MR) is 254 cm³/mol. The standard InChI is InChI=1S/C55H36N6S/c56-36-25-27-44-40(31-36)49-45(28-29-48-50(49)41(32-62-48)53-59-51(33-14-4-1-5-15-33)58-52(60-53)34-16-6-2-7-17-34)55(44)42-21-11-10-20-38(42)39-30-35(24-26-43(39)55)54-57-46-22-12-13-23-47(46)61(54)37-18-8-3-9-19-37/h1-32,54,57H,56H2. The van der Waals surface area contributed by atoms with Crippen LogP contribution < -0.4 is 16.0 Å². The first kappa shape index (κ1) is 34.9. The molecule has 13 rings (SSSR count). The van der Waals surface area contributed by atoms with Crippen LogP contribution in [0.1, 0.15) is 34.0 Å². The van der Waals surface area contributed by atoms with E-state index in [9.17, 15) is 0 Å². The zero-order valence-corrected chi connectivity index (χ0v) is 34.1. The Labute approximate surface area is 362 Å². The maximum Gasteiger partial charge on any atom is 0.165 e. The van der Waals surface area contributed by atoms with Crippen molar-refractivity contribution in [3.63, 3.8) is 0 Å². The average Bonchev–Trinajstić information content (AvgIpc) is 4.09. The molecule has 2 aliphatic carbocycles. The normalized spacial score (nSPS) is 16.5. The molecular formula is C55H36N6S. The summed E-state index contributed by atoms with van der Waals surface area (Å²) in [6.07, 6.45) is -0.0957. The van der Waals surface area contributed by atoms with E-state index < -0.39 is 5.41 Å². The molecule has 0 saturated heterocycles. The largest absolute Gasteiger partial charge is 0.399 e. The van der Waals surface area contributed by atoms with Crippen molar-refractivity contribution >= 4 is 44.2 Å². The van der Waals surface area contributed by atoms with Crippen molar-refractivity contribution in [1.29, 1.82) is 0 Å². The van der Waals surface area contributed by atoms with Crippen LogP contribution in [0.2, 0.25) is 0 Å². The summed E-state index contributed by atoms with van der Waals surface area (Å²) in [6, 6.07) is 66.9. The molecule has 292 valence electrons. The second-order valence-electron chi connectivity index (χ2n) is 16.2. The number of nitrogens with zero attached hydrogens (tertiary/aromatic N) is 4. The number of benzene rings is 8. The van der Waals surface area contributed by atoms with Crippen LogP contribution in [0.3, 0.4) is 0 Å². The first-order valence-electron chi connectivity index (χ1n) is 20.9. The van der Waals surface area contributed by atoms with E-state index >= 15 is 0 Å². The van der Waals surface area contributed by atoms with Crippen LogP contribution in [0.5, 0.6) is 0 Å². The van der Waals surface area contributed by atoms with Crippen molar-refractivity contribution in [2.45, 2.75) is 11.6 Å². The molecule has 0 amide bonds. The Balaban J connectivity index is 1.04. The van der Waals surface area contributed by atoms with Gasteiger partial charge in [0.2, 0.25) is 0 Å². The maximum atomic E-state index is 6.75. The van der Waals surface area contributed by atoms with Crippen molar-refractivity contribution in [1.82, 2.24) is 15.0 Å². The fourth-order valence-electron chi connectivity index (χ4n) is 10.4. The van der Waals surface area contributed by atoms with Gasteiger partial charge in [0.15, 0.2) is 17.5 Å². The second-order valence-corrected chi connectivity index (χ2v) is 17.1. The quantitative estimate of drug-likeness (QED) is 0.169. The van der Waals surface area contributed by atoms with Gasteiger partial charge in [0.05, 0.1) is 16.8 Å². The first-order chi connectivity index (χ1) is 30.6. The van der Waals surface area contributed by atoms with Crippen molar-refractivity contribution in [3.8, 4) is 56.4 Å². The topological polar surface area (TPSA) is 80.0 Å². The van der Waals surface area contributed by atoms with Gasteiger partial charge in [-0.15, -0.1) is 11.3 Å². The van der Waals surface area contributed by atoms with E-state index in [1.54, 1.807) is 11.3 Å². The van der Waals surface area contributed by atoms with Crippen molar-refractivity contribution in [3.05, 3.63) is 221 Å². The smallest absolute Gasteiger partial charge is 0.165 e. The Morgan fingerprint density at radius 2 is 1.13 bits per heavy atom. The third kappa shape index (κ3) is 4.94. The first-order valence-corrected chi connectivity index (χ1v) is 21.8. The molecule has 0 saturated carbocycles. The van der Waals surface area contributed by atoms with Gasteiger partial charge in [-0.05, 0) is 98.6 Å². The number of thiophene rings is 1. The van der Waals surface area contributed by atoms with Crippen LogP contribution in [-0.4, -0.2) is 15.0 Å². The number of nitrogens with two attached hydrogens (primary N) is 1. The molecule has 0 bridgehead atoms. The van der Waals surface area contributed by atoms with Gasteiger partial charge in [-0.3, -0.25) is 0 Å². The van der Waals surface area contributed by atoms with Gasteiger partial charge in [0.1, 0.15) is 6.17 Å². The van der Waals surface area contributed by atoms with Crippen molar-refractivity contribution in [2.75, 3.05) is 16.0 Å². The van der Waals surface area contributed by atoms with Crippen molar-refractivity contribution in [2.24, 2.45) is 0 Å². The molecule has 2 atom stereocenters. The van der Waals surface area contributed by atoms with Gasteiger partial charge in [-0.25, -0.2) is 15.0 Å². The summed E-state index contributed by atoms with van der Waals surface area (Å²) in [7, 11) is 0. The number of hydrogen-bond donors (Lipinski definition) is 2. The molecule has 3 heterocycles. The minimum atomic E-state index is -0.578. The average molecular weight is 813 g/mol. The molecule has 0 radical (unpaired) electrons. The molecule has 0 fully saturated rings. The van der Waals surface area contributed by atoms with Crippen LogP contribution in [0.15, 0.2) is 193 Å². The van der Waals surface area contributed by atoms with Gasteiger partial charge in [0.25, 0.3) is 0 Å². The lowest BCUT2D eigenvalue weighted by atomic mass is 9.70. The molecule has 2 unspecified atom stereocenters. The summed E-state index contributed by atoms with van der Waals surface area (Å²) in [4.78, 5) is 17.9. The number of rotatable bonds is 5. The zero-order valence-electron chi connectivity index (χ0n) is 33.3. The van der Waals surface area contributed by atoms with E-state index in [-0.39, 0.29) is 6.17 Å². The molecule has 8 aromatic carbocycles. The summed E-state index contributed by atoms with van der Waals surface area (Å²) < 4.78 is 1.17. The highest BCUT2D eigenvalue weighted by Crippen LogP contribution is 2.65. The Morgan fingerprint density at radius 3 is 1.90 bits per heavy atom. The third-order valence-electron chi connectivity index (χ3n) is 12.9. The number of hydrogen-bond acceptors (Lipinski definition) is 7. The van der Waals surface area contributed by atoms with E-state index in [1.165, 1.54) is 49.2 Å². The van der Waals surface area contributed by atoms with Gasteiger partial charge in [0, 0.05) is 43.5 Å². The highest BCUT2D eigenvalue weighted by molar-refractivity contribution is 7.17. The SMILES string of the molecule is Nc1ccc2c(c1)-c1c(ccc3scc(-c4nc(-c5ccccc5)nc(-c5ccccc5)n4)c13)C21c2ccccc2-c2cc(C3Nc4ccccc4N3c3ccccc3)ccc21. The highest BCUT2D eigenvalue weighted by Gasteiger charge is 2.52. The van der Waals surface area contributed by atoms with E-state index in [2.05, 4.69) is 167 Å². The minimum Gasteiger partial charge on any atom is -0.399 e. The molecule has 7 heteroatoms. The van der Waals surface area contributed by atoms with Crippen LogP contribution in [0, 0.1) is 0 Å². The summed E-state index contributed by atoms with van der Waals surface area (Å²) in [5.41, 5.74) is 24.2. The summed E-state index contributed by atoms with van der Waals surface area (Å²) >= 11 is 1.73. The molecular weight excluding hydrogens is 777 g/mol. The van der Waals surface area contributed by atoms with Crippen molar-refractivity contribution < 1.29 is 0 Å². The molecule has 3 aliphatic rings. The fraction of sp³-hybridized carbons (Fsp3) is 0.0364. The Hall–Kier alpha value is -7.87. The second kappa shape index (κ2) is 13.3. The zero-order chi connectivity index (χ0) is 40.9. The molecule has 6 nitrogen and oxygen atoms in total. The monoisotopic (exact) mass is 812 g/mol. The van der Waals surface area contributed by atoms with Gasteiger partial charge < -0.3 is 16.0 Å². The van der Waals surface area contributed by atoms with Crippen LogP contribution in [0.25, 0.3) is 66.5 Å². The molecule has 62 heavy (non-hydrogen) atoms. The molecule has 3 N–H and O–H groups in total. The van der Waals surface area contributed by atoms with Gasteiger partial charge >= 0.3 is 0 Å². The number of anilines is 4. The number of para-hydroxylation sites is 3. The number of nitrogen functional groups attached to an aromatic ring is 1. The Kier molecular flexibility index (Phi) is 7.50. The molecule has 10 aromatic rings. The summed E-state index contributed by atoms with van der Waals surface area (Å²) in [5, 5.41) is 7.23. The predicted octanol–water partition coefficient (Wildman–Crippen LogP) is 13.3. The summed E-state index contributed by atoms with van der Waals surface area (Å²) in [5.74, 6) is 1.93. The van der Waals surface area contributed by atoms with Crippen LogP contribution in [-0.2, 0) is 5.41 Å². The lowest BCUT2D eigenvalue weighted by Crippen LogP contribution is -2.26. The van der Waals surface area contributed by atoms with Gasteiger partial charge in [-0.2, -0.15) is 0 Å². The lowest BCUT2D eigenvalue weighted by molar-refractivity contribution is 0.789. The fourth-order valence-corrected chi connectivity index (χ4v) is 11.3. The van der Waals surface area contributed by atoms with Gasteiger partial charge in [-0.1, -0.05) is 140 Å². The third-order valence-corrected chi connectivity index (χ3v) is 13.9. The number of fused-ring (bicyclic) bond motifs is 13. The molecule has 2 aromatic heterocycles. The molecule has 1 spiro atoms. The van der Waals surface area contributed by atoms with E-state index in [0.29, 0.717) is 17.5 Å². The van der Waals surface area contributed by atoms with E-state index in [0.717, 1.165) is 50.4 Å². The number of nitrogens with one attached hydrogen (secondary N) is 1. The number of aromatic nitrogens is 3.